The Morgan fingerprint density at radius 2 is 1.60 bits per heavy atom. The maximum Gasteiger partial charge on any atom is 0.329 e. The fourth-order valence-electron chi connectivity index (χ4n) is 6.19. The number of nitrogens with one attached hydrogen (secondary N) is 1. The first-order valence-corrected chi connectivity index (χ1v) is 13.2. The van der Waals surface area contributed by atoms with Gasteiger partial charge in [0.15, 0.2) is 0 Å². The number of benzene rings is 1. The minimum Gasteiger partial charge on any atom is -0.328 e. The number of carbonyl (C=O) groups is 2. The second-order valence-corrected chi connectivity index (χ2v) is 10.5. The monoisotopic (exact) mass is 482 g/mol. The van der Waals surface area contributed by atoms with Crippen LogP contribution in [-0.4, -0.2) is 76.1 Å². The van der Waals surface area contributed by atoms with Crippen LogP contribution in [0, 0.1) is 0 Å². The Bertz CT molecular complexity index is 1140. The normalized spacial score (nSPS) is 23.8. The average molecular weight is 483 g/mol. The van der Waals surface area contributed by atoms with Crippen molar-refractivity contribution in [2.75, 3.05) is 39.3 Å². The highest BCUT2D eigenvalue weighted by atomic mass is 16.2. The lowest BCUT2D eigenvalue weighted by atomic mass is 9.88. The Balaban J connectivity index is 1.25. The molecule has 5 rings (SSSR count). The summed E-state index contributed by atoms with van der Waals surface area (Å²) in [6.45, 7) is 6.67. The number of hydrogen-bond acceptors (Lipinski definition) is 6. The van der Waals surface area contributed by atoms with Gasteiger partial charge in [-0.2, -0.15) is 0 Å². The first kappa shape index (κ1) is 24.2. The number of amides is 2. The van der Waals surface area contributed by atoms with Crippen molar-refractivity contribution >= 4 is 22.8 Å². The van der Waals surface area contributed by atoms with Crippen LogP contribution in [0.4, 0.5) is 0 Å². The van der Waals surface area contributed by atoms with Crippen LogP contribution in [0.3, 0.4) is 0 Å². The summed E-state index contributed by atoms with van der Waals surface area (Å²) in [6.07, 6.45) is 6.17. The SMILES string of the molecule is Cn1c(=O)n(C2CCC(=O)NC2=O)c2cccc(C3CCN(CCCN4CCC(N)CC4)CC3)c21. The van der Waals surface area contributed by atoms with Gasteiger partial charge in [-0.15, -0.1) is 0 Å². The number of likely N-dealkylation sites (tertiary alicyclic amines) is 2. The molecule has 1 aromatic carbocycles. The number of imidazole rings is 1. The van der Waals surface area contributed by atoms with Crippen LogP contribution in [0.2, 0.25) is 0 Å². The first-order valence-electron chi connectivity index (χ1n) is 13.2. The van der Waals surface area contributed by atoms with Gasteiger partial charge in [0.05, 0.1) is 11.0 Å². The molecule has 3 fully saturated rings. The molecule has 9 heteroatoms. The summed E-state index contributed by atoms with van der Waals surface area (Å²) in [6, 6.07) is 5.80. The molecule has 3 aliphatic heterocycles. The summed E-state index contributed by atoms with van der Waals surface area (Å²) in [7, 11) is 1.79. The molecule has 4 heterocycles. The molecule has 3 N–H and O–H groups in total. The van der Waals surface area contributed by atoms with E-state index >= 15 is 0 Å². The van der Waals surface area contributed by atoms with Gasteiger partial charge in [-0.05, 0) is 95.3 Å². The highest BCUT2D eigenvalue weighted by Gasteiger charge is 2.32. The number of rotatable bonds is 6. The zero-order chi connectivity index (χ0) is 24.5. The Morgan fingerprint density at radius 1 is 0.943 bits per heavy atom. The van der Waals surface area contributed by atoms with Gasteiger partial charge < -0.3 is 15.5 Å². The molecule has 0 radical (unpaired) electrons. The van der Waals surface area contributed by atoms with E-state index in [2.05, 4.69) is 21.2 Å². The molecule has 3 saturated heterocycles. The van der Waals surface area contributed by atoms with Gasteiger partial charge in [-0.3, -0.25) is 24.0 Å². The van der Waals surface area contributed by atoms with Crippen molar-refractivity contribution in [2.45, 2.75) is 62.9 Å². The smallest absolute Gasteiger partial charge is 0.328 e. The second-order valence-electron chi connectivity index (χ2n) is 10.5. The maximum absolute atomic E-state index is 13.2. The third-order valence-electron chi connectivity index (χ3n) is 8.26. The van der Waals surface area contributed by atoms with Crippen molar-refractivity contribution in [3.05, 3.63) is 34.2 Å². The summed E-state index contributed by atoms with van der Waals surface area (Å²) in [5, 5.41) is 2.39. The number of hydrogen-bond donors (Lipinski definition) is 2. The molecule has 9 nitrogen and oxygen atoms in total. The van der Waals surface area contributed by atoms with Crippen LogP contribution >= 0.6 is 0 Å². The van der Waals surface area contributed by atoms with E-state index in [1.165, 1.54) is 12.0 Å². The van der Waals surface area contributed by atoms with Gasteiger partial charge in [0, 0.05) is 19.5 Å². The van der Waals surface area contributed by atoms with E-state index in [-0.39, 0.29) is 23.9 Å². The molecule has 2 amide bonds. The van der Waals surface area contributed by atoms with Crippen LogP contribution in [-0.2, 0) is 16.6 Å². The predicted octanol–water partition coefficient (Wildman–Crippen LogP) is 1.31. The predicted molar refractivity (Wildman–Crippen MR) is 135 cm³/mol. The van der Waals surface area contributed by atoms with Gasteiger partial charge in [-0.1, -0.05) is 12.1 Å². The van der Waals surface area contributed by atoms with Gasteiger partial charge >= 0.3 is 5.69 Å². The van der Waals surface area contributed by atoms with E-state index in [9.17, 15) is 14.4 Å². The summed E-state index contributed by atoms with van der Waals surface area (Å²) in [5.41, 5.74) is 8.72. The van der Waals surface area contributed by atoms with Crippen molar-refractivity contribution in [3.63, 3.8) is 0 Å². The Labute approximate surface area is 206 Å². The maximum atomic E-state index is 13.2. The van der Waals surface area contributed by atoms with Gasteiger partial charge in [0.1, 0.15) is 6.04 Å². The number of para-hydroxylation sites is 1. The number of fused-ring (bicyclic) bond motifs is 1. The van der Waals surface area contributed by atoms with E-state index in [1.807, 2.05) is 12.1 Å². The summed E-state index contributed by atoms with van der Waals surface area (Å²) in [4.78, 5) is 42.5. The van der Waals surface area contributed by atoms with E-state index < -0.39 is 6.04 Å². The van der Waals surface area contributed by atoms with E-state index in [0.717, 1.165) is 76.0 Å². The number of carbonyl (C=O) groups excluding carboxylic acids is 2. The van der Waals surface area contributed by atoms with Gasteiger partial charge in [0.25, 0.3) is 0 Å². The van der Waals surface area contributed by atoms with Crippen LogP contribution in [0.25, 0.3) is 11.0 Å². The third kappa shape index (κ3) is 4.94. The first-order chi connectivity index (χ1) is 16.9. The molecule has 1 unspecified atom stereocenters. The van der Waals surface area contributed by atoms with Crippen molar-refractivity contribution in [2.24, 2.45) is 12.8 Å². The lowest BCUT2D eigenvalue weighted by Crippen LogP contribution is -2.44. The molecule has 0 saturated carbocycles. The minimum atomic E-state index is -0.642. The van der Waals surface area contributed by atoms with Crippen LogP contribution in [0.5, 0.6) is 0 Å². The fraction of sp³-hybridized carbons (Fsp3) is 0.654. The number of nitrogens with zero attached hydrogens (tertiary/aromatic N) is 4. The van der Waals surface area contributed by atoms with E-state index in [1.54, 1.807) is 16.2 Å². The van der Waals surface area contributed by atoms with Crippen LogP contribution in [0.15, 0.2) is 23.0 Å². The highest BCUT2D eigenvalue weighted by Crippen LogP contribution is 2.34. The molecule has 1 atom stereocenters. The zero-order valence-corrected chi connectivity index (χ0v) is 20.7. The third-order valence-corrected chi connectivity index (χ3v) is 8.26. The zero-order valence-electron chi connectivity index (χ0n) is 20.7. The summed E-state index contributed by atoms with van der Waals surface area (Å²) in [5.74, 6) is -0.268. The Kier molecular flexibility index (Phi) is 7.09. The number of nitrogens with two attached hydrogens (primary N) is 1. The molecule has 35 heavy (non-hydrogen) atoms. The van der Waals surface area contributed by atoms with Crippen LogP contribution < -0.4 is 16.7 Å². The number of aromatic nitrogens is 2. The fourth-order valence-corrected chi connectivity index (χ4v) is 6.19. The van der Waals surface area contributed by atoms with E-state index in [4.69, 9.17) is 5.73 Å². The molecule has 190 valence electrons. The lowest BCUT2D eigenvalue weighted by molar-refractivity contribution is -0.135. The van der Waals surface area contributed by atoms with Crippen molar-refractivity contribution in [1.29, 1.82) is 0 Å². The van der Waals surface area contributed by atoms with Gasteiger partial charge in [-0.25, -0.2) is 4.79 Å². The molecular weight excluding hydrogens is 444 g/mol. The number of aryl methyl sites for hydroxylation is 1. The average Bonchev–Trinajstić information content (AvgIpc) is 3.11. The number of piperidine rings is 3. The Hall–Kier alpha value is -2.49. The second kappa shape index (κ2) is 10.2. The van der Waals surface area contributed by atoms with Crippen molar-refractivity contribution in [1.82, 2.24) is 24.3 Å². The lowest BCUT2D eigenvalue weighted by Gasteiger charge is -2.34. The topological polar surface area (TPSA) is 106 Å². The minimum absolute atomic E-state index is 0.196. The van der Waals surface area contributed by atoms with E-state index in [0.29, 0.717) is 18.4 Å². The molecule has 2 aromatic rings. The highest BCUT2D eigenvalue weighted by molar-refractivity contribution is 6.00. The molecule has 0 bridgehead atoms. The molecule has 0 spiro atoms. The summed E-state index contributed by atoms with van der Waals surface area (Å²) < 4.78 is 3.27. The standard InChI is InChI=1S/C26H38N6O3/c1-29-24-20(4-2-5-21(24)32(26(29)35)22-6-7-23(33)28-25(22)34)18-8-14-30(15-9-18)12-3-13-31-16-10-19(27)11-17-31/h2,4-5,18-19,22H,3,6-17,27H2,1H3,(H,28,33,34). The molecular formula is C26H38N6O3. The Morgan fingerprint density at radius 3 is 2.26 bits per heavy atom. The molecule has 3 aliphatic rings. The number of imide groups is 1. The molecule has 0 aliphatic carbocycles. The van der Waals surface area contributed by atoms with Gasteiger partial charge in [0.2, 0.25) is 11.8 Å². The van der Waals surface area contributed by atoms with Crippen molar-refractivity contribution in [3.8, 4) is 0 Å². The largest absolute Gasteiger partial charge is 0.329 e. The quantitative estimate of drug-likeness (QED) is 0.602. The van der Waals surface area contributed by atoms with Crippen LogP contribution in [0.1, 0.15) is 62.5 Å². The summed E-state index contributed by atoms with van der Waals surface area (Å²) >= 11 is 0. The molecule has 1 aromatic heterocycles. The van der Waals surface area contributed by atoms with Crippen molar-refractivity contribution < 1.29 is 9.59 Å².